The first kappa shape index (κ1) is 12.8. The molecule has 1 aromatic rings. The highest BCUT2D eigenvalue weighted by atomic mass is 19.3. The smallest absolute Gasteiger partial charge is 0.265 e. The lowest BCUT2D eigenvalue weighted by atomic mass is 10.1. The number of para-hydroxylation sites is 1. The van der Waals surface area contributed by atoms with Gasteiger partial charge in [-0.1, -0.05) is 18.2 Å². The van der Waals surface area contributed by atoms with E-state index >= 15 is 0 Å². The molecule has 0 radical (unpaired) electrons. The average molecular weight is 256 g/mol. The lowest BCUT2D eigenvalue weighted by Gasteiger charge is -2.14. The van der Waals surface area contributed by atoms with E-state index in [1.165, 1.54) is 0 Å². The Morgan fingerprint density at radius 2 is 2.22 bits per heavy atom. The Balaban J connectivity index is 1.86. The molecule has 98 valence electrons. The Bertz CT molecular complexity index is 415. The Hall–Kier alpha value is -1.69. The van der Waals surface area contributed by atoms with Gasteiger partial charge in [0.05, 0.1) is 0 Å². The highest BCUT2D eigenvalue weighted by Crippen LogP contribution is 2.24. The molecular formula is C12H14F2N2O2. The van der Waals surface area contributed by atoms with Gasteiger partial charge in [0.1, 0.15) is 12.1 Å². The monoisotopic (exact) mass is 256 g/mol. The van der Waals surface area contributed by atoms with Gasteiger partial charge in [-0.15, -0.1) is 0 Å². The molecule has 0 fully saturated rings. The van der Waals surface area contributed by atoms with Gasteiger partial charge in [0.15, 0.2) is 0 Å². The van der Waals surface area contributed by atoms with Gasteiger partial charge in [0.2, 0.25) is 5.91 Å². The minimum Gasteiger partial charge on any atom is -0.385 e. The molecule has 0 bridgehead atoms. The number of hydrogen-bond donors (Lipinski definition) is 3. The number of benzene rings is 1. The summed E-state index contributed by atoms with van der Waals surface area (Å²) in [6.07, 6.45) is -4.15. The standard InChI is InChI=1S/C12H14F2N2O2/c13-11(14)10(17)6-15-12(18)9-5-7-3-1-2-4-8(7)16-9/h1-4,9-11,16-17H,5-6H2,(H,15,18)/t9-,10?/m0/s1. The molecule has 0 spiro atoms. The topological polar surface area (TPSA) is 61.4 Å². The average Bonchev–Trinajstić information content (AvgIpc) is 2.79. The zero-order valence-electron chi connectivity index (χ0n) is 9.57. The largest absolute Gasteiger partial charge is 0.385 e. The summed E-state index contributed by atoms with van der Waals surface area (Å²) in [5.74, 6) is -0.383. The molecule has 1 amide bonds. The second-order valence-electron chi connectivity index (χ2n) is 4.21. The molecule has 1 unspecified atom stereocenters. The van der Waals surface area contributed by atoms with Crippen molar-refractivity contribution in [3.63, 3.8) is 0 Å². The number of nitrogens with one attached hydrogen (secondary N) is 2. The number of rotatable bonds is 4. The molecule has 2 atom stereocenters. The van der Waals surface area contributed by atoms with Crippen LogP contribution in [0, 0.1) is 0 Å². The molecule has 6 heteroatoms. The predicted octanol–water partition coefficient (Wildman–Crippen LogP) is 0.765. The number of carbonyl (C=O) groups excluding carboxylic acids is 1. The molecule has 0 aromatic heterocycles. The van der Waals surface area contributed by atoms with Gasteiger partial charge in [-0.2, -0.15) is 0 Å². The van der Waals surface area contributed by atoms with Crippen LogP contribution in [-0.4, -0.2) is 36.1 Å². The quantitative estimate of drug-likeness (QED) is 0.745. The first-order valence-electron chi connectivity index (χ1n) is 5.66. The summed E-state index contributed by atoms with van der Waals surface area (Å²) in [6.45, 7) is -0.439. The summed E-state index contributed by atoms with van der Waals surface area (Å²) in [7, 11) is 0. The SMILES string of the molecule is O=C(NCC(O)C(F)F)[C@@H]1Cc2ccccc2N1. The van der Waals surface area contributed by atoms with Crippen LogP contribution >= 0.6 is 0 Å². The van der Waals surface area contributed by atoms with Crippen molar-refractivity contribution in [2.75, 3.05) is 11.9 Å². The van der Waals surface area contributed by atoms with Crippen molar-refractivity contribution < 1.29 is 18.7 Å². The van der Waals surface area contributed by atoms with Gasteiger partial charge in [0.25, 0.3) is 6.43 Å². The van der Waals surface area contributed by atoms with E-state index in [1.807, 2.05) is 24.3 Å². The number of anilines is 1. The molecule has 0 saturated carbocycles. The van der Waals surface area contributed by atoms with Gasteiger partial charge < -0.3 is 15.7 Å². The third-order valence-electron chi connectivity index (χ3n) is 2.86. The van der Waals surface area contributed by atoms with Gasteiger partial charge in [-0.3, -0.25) is 4.79 Å². The maximum Gasteiger partial charge on any atom is 0.265 e. The summed E-state index contributed by atoms with van der Waals surface area (Å²) in [4.78, 5) is 11.7. The van der Waals surface area contributed by atoms with Crippen LogP contribution < -0.4 is 10.6 Å². The first-order valence-corrected chi connectivity index (χ1v) is 5.66. The van der Waals surface area contributed by atoms with E-state index in [-0.39, 0.29) is 5.91 Å². The molecule has 18 heavy (non-hydrogen) atoms. The third-order valence-corrected chi connectivity index (χ3v) is 2.86. The van der Waals surface area contributed by atoms with Gasteiger partial charge >= 0.3 is 0 Å². The van der Waals surface area contributed by atoms with Gasteiger partial charge in [0, 0.05) is 18.7 Å². The van der Waals surface area contributed by atoms with Crippen LogP contribution in [-0.2, 0) is 11.2 Å². The molecule has 1 heterocycles. The first-order chi connectivity index (χ1) is 8.58. The highest BCUT2D eigenvalue weighted by molar-refractivity contribution is 5.87. The second kappa shape index (κ2) is 5.30. The van der Waals surface area contributed by atoms with E-state index in [2.05, 4.69) is 10.6 Å². The van der Waals surface area contributed by atoms with E-state index in [0.29, 0.717) is 6.42 Å². The predicted molar refractivity (Wildman–Crippen MR) is 62.6 cm³/mol. The summed E-state index contributed by atoms with van der Waals surface area (Å²) < 4.78 is 24.1. The van der Waals surface area contributed by atoms with Gasteiger partial charge in [-0.05, 0) is 11.6 Å². The maximum absolute atomic E-state index is 12.1. The molecule has 1 aliphatic rings. The van der Waals surface area contributed by atoms with Crippen molar-refractivity contribution in [2.45, 2.75) is 25.0 Å². The Morgan fingerprint density at radius 3 is 2.89 bits per heavy atom. The van der Waals surface area contributed by atoms with Crippen LogP contribution in [0.5, 0.6) is 0 Å². The van der Waals surface area contributed by atoms with E-state index in [9.17, 15) is 13.6 Å². The fraction of sp³-hybridized carbons (Fsp3) is 0.417. The van der Waals surface area contributed by atoms with Crippen LogP contribution in [0.2, 0.25) is 0 Å². The lowest BCUT2D eigenvalue weighted by molar-refractivity contribution is -0.122. The van der Waals surface area contributed by atoms with E-state index in [4.69, 9.17) is 5.11 Å². The molecule has 0 saturated heterocycles. The number of aliphatic hydroxyl groups is 1. The van der Waals surface area contributed by atoms with Crippen LogP contribution in [0.15, 0.2) is 24.3 Å². The minimum absolute atomic E-state index is 0.383. The number of halogens is 2. The molecule has 2 rings (SSSR count). The number of aliphatic hydroxyl groups excluding tert-OH is 1. The van der Waals surface area contributed by atoms with E-state index in [1.54, 1.807) is 0 Å². The molecule has 0 aliphatic carbocycles. The third kappa shape index (κ3) is 2.76. The van der Waals surface area contributed by atoms with Crippen molar-refractivity contribution in [1.29, 1.82) is 0 Å². The van der Waals surface area contributed by atoms with Crippen LogP contribution in [0.25, 0.3) is 0 Å². The van der Waals surface area contributed by atoms with E-state index in [0.717, 1.165) is 11.3 Å². The summed E-state index contributed by atoms with van der Waals surface area (Å²) in [5, 5.41) is 14.2. The Kier molecular flexibility index (Phi) is 3.76. The van der Waals surface area contributed by atoms with Crippen molar-refractivity contribution in [1.82, 2.24) is 5.32 Å². The molecule has 1 aliphatic heterocycles. The number of alkyl halides is 2. The normalized spacial score (nSPS) is 19.2. The molecule has 3 N–H and O–H groups in total. The highest BCUT2D eigenvalue weighted by Gasteiger charge is 2.27. The number of carbonyl (C=O) groups is 1. The zero-order chi connectivity index (χ0) is 13.1. The molecule has 1 aromatic carbocycles. The summed E-state index contributed by atoms with van der Waals surface area (Å²) in [5.41, 5.74) is 1.90. The maximum atomic E-state index is 12.1. The molecular weight excluding hydrogens is 242 g/mol. The Labute approximate surface area is 103 Å². The van der Waals surface area contributed by atoms with Crippen LogP contribution in [0.4, 0.5) is 14.5 Å². The lowest BCUT2D eigenvalue weighted by Crippen LogP contribution is -2.43. The zero-order valence-corrected chi connectivity index (χ0v) is 9.57. The second-order valence-corrected chi connectivity index (χ2v) is 4.21. The fourth-order valence-corrected chi connectivity index (χ4v) is 1.87. The van der Waals surface area contributed by atoms with Crippen LogP contribution in [0.3, 0.4) is 0 Å². The minimum atomic E-state index is -2.85. The Morgan fingerprint density at radius 1 is 1.50 bits per heavy atom. The van der Waals surface area contributed by atoms with Gasteiger partial charge in [-0.25, -0.2) is 8.78 Å². The number of fused-ring (bicyclic) bond motifs is 1. The number of hydrogen-bond acceptors (Lipinski definition) is 3. The van der Waals surface area contributed by atoms with Crippen molar-refractivity contribution >= 4 is 11.6 Å². The molecule has 4 nitrogen and oxygen atoms in total. The van der Waals surface area contributed by atoms with Crippen molar-refractivity contribution in [3.05, 3.63) is 29.8 Å². The van der Waals surface area contributed by atoms with Crippen LogP contribution in [0.1, 0.15) is 5.56 Å². The fourth-order valence-electron chi connectivity index (χ4n) is 1.87. The summed E-state index contributed by atoms with van der Waals surface area (Å²) in [6, 6.07) is 7.03. The van der Waals surface area contributed by atoms with Crippen molar-refractivity contribution in [2.24, 2.45) is 0 Å². The van der Waals surface area contributed by atoms with Crippen molar-refractivity contribution in [3.8, 4) is 0 Å². The summed E-state index contributed by atoms with van der Waals surface area (Å²) >= 11 is 0. The number of amides is 1. The van der Waals surface area contributed by atoms with E-state index < -0.39 is 25.1 Å².